The normalized spacial score (nSPS) is 12.8. The van der Waals surface area contributed by atoms with Crippen LogP contribution in [0.5, 0.6) is 0 Å². The van der Waals surface area contributed by atoms with Crippen molar-refractivity contribution in [1.82, 2.24) is 4.57 Å². The molecular formula is C67H44N2. The Labute approximate surface area is 402 Å². The zero-order valence-electron chi connectivity index (χ0n) is 37.8. The number of hydrogen-bond acceptors (Lipinski definition) is 1. The molecule has 0 N–H and O–H groups in total. The molecular weight excluding hydrogens is 833 g/mol. The van der Waals surface area contributed by atoms with E-state index < -0.39 is 0 Å². The summed E-state index contributed by atoms with van der Waals surface area (Å²) < 4.78 is 2.49. The molecule has 11 aromatic carbocycles. The molecule has 0 amide bonds. The lowest BCUT2D eigenvalue weighted by molar-refractivity contribution is 0.794. The minimum atomic E-state index is -0.367. The SMILES string of the molecule is c1ccc(-c2ccc(N(c3ccccc3)c3ccc4c5ccccc5n(-c5ccc(-c6ccc7c(c6)-c6ccccc6C76c7ccccc7-c7ccccc76)cc5-c5ccccc5)c4c3)cc2)cc1. The second-order valence-electron chi connectivity index (χ2n) is 18.4. The molecule has 1 heterocycles. The number of benzene rings is 11. The number of nitrogens with zero attached hydrogens (tertiary/aromatic N) is 2. The smallest absolute Gasteiger partial charge is 0.0725 e. The van der Waals surface area contributed by atoms with E-state index in [1.807, 2.05) is 0 Å². The third-order valence-electron chi connectivity index (χ3n) is 14.8. The molecule has 0 bridgehead atoms. The fraction of sp³-hybridized carbons (Fsp3) is 0.0149. The Morgan fingerprint density at radius 2 is 0.710 bits per heavy atom. The Bertz CT molecular complexity index is 3890. The summed E-state index contributed by atoms with van der Waals surface area (Å²) in [5, 5.41) is 2.44. The van der Waals surface area contributed by atoms with Crippen LogP contribution in [-0.2, 0) is 5.41 Å². The lowest BCUT2D eigenvalue weighted by Crippen LogP contribution is -2.25. The van der Waals surface area contributed by atoms with Gasteiger partial charge in [0, 0.05) is 33.4 Å². The van der Waals surface area contributed by atoms with Gasteiger partial charge in [0.15, 0.2) is 0 Å². The van der Waals surface area contributed by atoms with Gasteiger partial charge in [-0.2, -0.15) is 0 Å². The number of hydrogen-bond donors (Lipinski definition) is 0. The van der Waals surface area contributed by atoms with E-state index in [1.165, 1.54) is 94.2 Å². The van der Waals surface area contributed by atoms with Gasteiger partial charge < -0.3 is 9.47 Å². The van der Waals surface area contributed by atoms with Gasteiger partial charge in [-0.1, -0.05) is 206 Å². The summed E-state index contributed by atoms with van der Waals surface area (Å²) in [6.45, 7) is 0. The van der Waals surface area contributed by atoms with Crippen molar-refractivity contribution in [3.63, 3.8) is 0 Å². The quantitative estimate of drug-likeness (QED) is 0.155. The number of aromatic nitrogens is 1. The summed E-state index contributed by atoms with van der Waals surface area (Å²) in [4.78, 5) is 2.37. The second kappa shape index (κ2) is 15.6. The summed E-state index contributed by atoms with van der Waals surface area (Å²) >= 11 is 0. The van der Waals surface area contributed by atoms with Crippen LogP contribution in [0.4, 0.5) is 17.1 Å². The number of rotatable bonds is 7. The van der Waals surface area contributed by atoms with Crippen LogP contribution in [0.3, 0.4) is 0 Å². The predicted molar refractivity (Wildman–Crippen MR) is 288 cm³/mol. The molecule has 0 unspecified atom stereocenters. The van der Waals surface area contributed by atoms with E-state index in [4.69, 9.17) is 0 Å². The fourth-order valence-corrected chi connectivity index (χ4v) is 11.9. The van der Waals surface area contributed by atoms with E-state index in [0.29, 0.717) is 0 Å². The van der Waals surface area contributed by atoms with Crippen molar-refractivity contribution < 1.29 is 0 Å². The van der Waals surface area contributed by atoms with Crippen LogP contribution in [0.25, 0.3) is 83.1 Å². The van der Waals surface area contributed by atoms with Crippen molar-refractivity contribution in [2.45, 2.75) is 5.41 Å². The maximum Gasteiger partial charge on any atom is 0.0725 e. The summed E-state index contributed by atoms with van der Waals surface area (Å²) in [6, 6.07) is 98.4. The zero-order chi connectivity index (χ0) is 45.5. The first-order chi connectivity index (χ1) is 34.2. The van der Waals surface area contributed by atoms with Gasteiger partial charge in [0.25, 0.3) is 0 Å². The topological polar surface area (TPSA) is 8.17 Å². The summed E-state index contributed by atoms with van der Waals surface area (Å²) in [6.07, 6.45) is 0. The lowest BCUT2D eigenvalue weighted by atomic mass is 9.70. The van der Waals surface area contributed by atoms with Gasteiger partial charge in [-0.05, 0) is 133 Å². The molecule has 0 aliphatic heterocycles. The van der Waals surface area contributed by atoms with Crippen molar-refractivity contribution in [3.8, 4) is 61.3 Å². The molecule has 2 heteroatoms. The molecule has 322 valence electrons. The van der Waals surface area contributed by atoms with Gasteiger partial charge in [-0.3, -0.25) is 0 Å². The average Bonchev–Trinajstić information content (AvgIpc) is 4.03. The van der Waals surface area contributed by atoms with Crippen molar-refractivity contribution in [3.05, 3.63) is 289 Å². The van der Waals surface area contributed by atoms with Crippen LogP contribution in [-0.4, -0.2) is 4.57 Å². The van der Waals surface area contributed by atoms with E-state index in [2.05, 4.69) is 276 Å². The van der Waals surface area contributed by atoms with Gasteiger partial charge in [0.05, 0.1) is 22.1 Å². The Hall–Kier alpha value is -8.98. The molecule has 2 aliphatic rings. The highest BCUT2D eigenvalue weighted by atomic mass is 15.1. The van der Waals surface area contributed by atoms with Gasteiger partial charge in [-0.25, -0.2) is 0 Å². The minimum Gasteiger partial charge on any atom is -0.310 e. The molecule has 1 spiro atoms. The highest BCUT2D eigenvalue weighted by Gasteiger charge is 2.51. The third-order valence-corrected chi connectivity index (χ3v) is 14.8. The first kappa shape index (κ1) is 39.2. The molecule has 69 heavy (non-hydrogen) atoms. The van der Waals surface area contributed by atoms with E-state index in [-0.39, 0.29) is 5.41 Å². The Kier molecular flexibility index (Phi) is 8.84. The Morgan fingerprint density at radius 3 is 1.38 bits per heavy atom. The third kappa shape index (κ3) is 5.92. The second-order valence-corrected chi connectivity index (χ2v) is 18.4. The largest absolute Gasteiger partial charge is 0.310 e. The minimum absolute atomic E-state index is 0.367. The molecule has 2 aliphatic carbocycles. The Morgan fingerprint density at radius 1 is 0.261 bits per heavy atom. The molecule has 0 atom stereocenters. The molecule has 1 aromatic heterocycles. The Balaban J connectivity index is 0.944. The molecule has 12 aromatic rings. The predicted octanol–water partition coefficient (Wildman–Crippen LogP) is 17.6. The van der Waals surface area contributed by atoms with Crippen LogP contribution >= 0.6 is 0 Å². The van der Waals surface area contributed by atoms with Crippen molar-refractivity contribution in [2.75, 3.05) is 4.90 Å². The molecule has 2 nitrogen and oxygen atoms in total. The van der Waals surface area contributed by atoms with E-state index in [1.54, 1.807) is 0 Å². The zero-order valence-corrected chi connectivity index (χ0v) is 37.8. The van der Waals surface area contributed by atoms with Crippen LogP contribution in [0.2, 0.25) is 0 Å². The standard InChI is InChI=1S/C67H44N2/c1-4-18-45(19-5-1)46-32-36-51(37-33-46)68(50-22-8-3-9-23-50)52-38-39-57-56-27-13-17-31-64(56)69(66(57)44-52)65-41-35-49(42-58(65)47-20-6-2-7-21-47)48-34-40-63-59(43-48)55-26-12-16-30-62(55)67(63)60-28-14-10-24-53(60)54-25-11-15-29-61(54)67/h1-44H. The van der Waals surface area contributed by atoms with E-state index in [9.17, 15) is 0 Å². The first-order valence-corrected chi connectivity index (χ1v) is 23.9. The van der Waals surface area contributed by atoms with Gasteiger partial charge in [0.2, 0.25) is 0 Å². The number of para-hydroxylation sites is 2. The van der Waals surface area contributed by atoms with E-state index >= 15 is 0 Å². The van der Waals surface area contributed by atoms with Gasteiger partial charge >= 0.3 is 0 Å². The maximum absolute atomic E-state index is 2.49. The average molecular weight is 877 g/mol. The summed E-state index contributed by atoms with van der Waals surface area (Å²) in [5.41, 5.74) is 24.2. The van der Waals surface area contributed by atoms with E-state index in [0.717, 1.165) is 28.3 Å². The highest BCUT2D eigenvalue weighted by molar-refractivity contribution is 6.11. The van der Waals surface area contributed by atoms with Gasteiger partial charge in [-0.15, -0.1) is 0 Å². The molecule has 0 saturated carbocycles. The number of anilines is 3. The van der Waals surface area contributed by atoms with Gasteiger partial charge in [0.1, 0.15) is 0 Å². The molecule has 0 saturated heterocycles. The maximum atomic E-state index is 2.49. The van der Waals surface area contributed by atoms with Crippen molar-refractivity contribution >= 4 is 38.9 Å². The molecule has 0 radical (unpaired) electrons. The van der Waals surface area contributed by atoms with Crippen LogP contribution in [0.1, 0.15) is 22.3 Å². The van der Waals surface area contributed by atoms with Crippen molar-refractivity contribution in [1.29, 1.82) is 0 Å². The van der Waals surface area contributed by atoms with Crippen molar-refractivity contribution in [2.24, 2.45) is 0 Å². The fourth-order valence-electron chi connectivity index (χ4n) is 11.9. The summed E-state index contributed by atoms with van der Waals surface area (Å²) in [5.74, 6) is 0. The number of fused-ring (bicyclic) bond motifs is 13. The molecule has 14 rings (SSSR count). The van der Waals surface area contributed by atoms with Crippen LogP contribution < -0.4 is 4.90 Å². The summed E-state index contributed by atoms with van der Waals surface area (Å²) in [7, 11) is 0. The van der Waals surface area contributed by atoms with Crippen LogP contribution in [0.15, 0.2) is 267 Å². The molecule has 0 fully saturated rings. The lowest BCUT2D eigenvalue weighted by Gasteiger charge is -2.30. The monoisotopic (exact) mass is 876 g/mol. The highest BCUT2D eigenvalue weighted by Crippen LogP contribution is 2.63. The van der Waals surface area contributed by atoms with Crippen LogP contribution in [0, 0.1) is 0 Å². The first-order valence-electron chi connectivity index (χ1n) is 23.9.